The molecule has 0 aliphatic rings. The molecule has 12 heavy (non-hydrogen) atoms. The molecule has 1 unspecified atom stereocenters. The molecule has 1 rings (SSSR count). The van der Waals surface area contributed by atoms with Crippen molar-refractivity contribution in [2.45, 2.75) is 4.57 Å². The first-order chi connectivity index (χ1) is 5.52. The van der Waals surface area contributed by atoms with Crippen LogP contribution in [0.15, 0.2) is 30.3 Å². The molecule has 5 heteroatoms. The minimum absolute atomic E-state index is 0.651. The zero-order valence-electron chi connectivity index (χ0n) is 6.13. The lowest BCUT2D eigenvalue weighted by atomic mass is 10.2. The molecule has 0 radical (unpaired) electrons. The molecule has 1 atom stereocenters. The Hall–Kier alpha value is 0.0100. The summed E-state index contributed by atoms with van der Waals surface area (Å²) in [6.45, 7) is 0. The molecule has 0 aliphatic heterocycles. The average molecular weight is 252 g/mol. The van der Waals surface area contributed by atoms with Crippen molar-refractivity contribution in [1.82, 2.24) is 0 Å². The second kappa shape index (κ2) is 3.81. The van der Waals surface area contributed by atoms with Crippen molar-refractivity contribution in [2.24, 2.45) is 0 Å². The van der Waals surface area contributed by atoms with Gasteiger partial charge < -0.3 is 0 Å². The van der Waals surface area contributed by atoms with E-state index in [0.717, 1.165) is 0 Å². The predicted molar refractivity (Wildman–Crippen MR) is 51.7 cm³/mol. The molecule has 1 aromatic carbocycles. The van der Waals surface area contributed by atoms with Crippen molar-refractivity contribution in [3.05, 3.63) is 35.9 Å². The maximum absolute atomic E-state index is 8.91. The highest BCUT2D eigenvalue weighted by Crippen LogP contribution is 2.62. The topological polar surface area (TPSA) is 60.7 Å². The molecule has 0 spiro atoms. The van der Waals surface area contributed by atoms with Gasteiger partial charge in [-0.25, -0.2) is 0 Å². The molecule has 0 aliphatic carbocycles. The summed E-state index contributed by atoms with van der Waals surface area (Å²) in [7, 11) is -3.81. The van der Waals surface area contributed by atoms with Gasteiger partial charge in [-0.1, -0.05) is 30.3 Å². The third-order valence-electron chi connectivity index (χ3n) is 1.38. The smallest absolute Gasteiger partial charge is 0.192 e. The van der Waals surface area contributed by atoms with Crippen molar-refractivity contribution in [3.8, 4) is 0 Å². The summed E-state index contributed by atoms with van der Waals surface area (Å²) in [5.41, 5.74) is 0.651. The summed E-state index contributed by atoms with van der Waals surface area (Å²) in [5, 5.41) is 0. The predicted octanol–water partition coefficient (Wildman–Crippen LogP) is 1.82. The largest absolute Gasteiger partial charge is 0.422 e. The van der Waals surface area contributed by atoms with Gasteiger partial charge in [0.1, 0.15) is 0 Å². The van der Waals surface area contributed by atoms with Crippen LogP contribution in [0.4, 0.5) is 0 Å². The van der Waals surface area contributed by atoms with E-state index in [1.807, 2.05) is 6.07 Å². The SMILES string of the molecule is O[P+](O)(O)C(Br)c1ccccc1. The normalized spacial score (nSPS) is 14.3. The third-order valence-corrected chi connectivity index (χ3v) is 4.46. The van der Waals surface area contributed by atoms with Crippen LogP contribution in [0.1, 0.15) is 10.1 Å². The van der Waals surface area contributed by atoms with Gasteiger partial charge >= 0.3 is 7.94 Å². The number of hydrogen-bond donors (Lipinski definition) is 3. The van der Waals surface area contributed by atoms with E-state index in [1.165, 1.54) is 0 Å². The Bertz CT molecular complexity index is 247. The van der Waals surface area contributed by atoms with Gasteiger partial charge in [0.15, 0.2) is 0 Å². The number of alkyl halides is 1. The van der Waals surface area contributed by atoms with Crippen LogP contribution in [-0.2, 0) is 0 Å². The molecule has 1 aromatic rings. The van der Waals surface area contributed by atoms with Crippen LogP contribution in [0.2, 0.25) is 0 Å². The fourth-order valence-electron chi connectivity index (χ4n) is 0.812. The monoisotopic (exact) mass is 251 g/mol. The van der Waals surface area contributed by atoms with E-state index in [4.69, 9.17) is 14.7 Å². The lowest BCUT2D eigenvalue weighted by Crippen LogP contribution is -1.96. The first-order valence-electron chi connectivity index (χ1n) is 3.28. The van der Waals surface area contributed by atoms with Crippen LogP contribution in [-0.4, -0.2) is 14.7 Å². The Morgan fingerprint density at radius 1 is 1.08 bits per heavy atom. The highest BCUT2D eigenvalue weighted by Gasteiger charge is 2.41. The van der Waals surface area contributed by atoms with E-state index in [2.05, 4.69) is 15.9 Å². The fraction of sp³-hybridized carbons (Fsp3) is 0.143. The molecule has 3 nitrogen and oxygen atoms in total. The van der Waals surface area contributed by atoms with Crippen LogP contribution in [0.25, 0.3) is 0 Å². The summed E-state index contributed by atoms with van der Waals surface area (Å²) in [6.07, 6.45) is 0. The van der Waals surface area contributed by atoms with Gasteiger partial charge in [-0.2, -0.15) is 14.7 Å². The third kappa shape index (κ3) is 2.51. The van der Waals surface area contributed by atoms with E-state index in [9.17, 15) is 0 Å². The first-order valence-corrected chi connectivity index (χ1v) is 5.91. The van der Waals surface area contributed by atoms with Gasteiger partial charge in [0.05, 0.1) is 0 Å². The summed E-state index contributed by atoms with van der Waals surface area (Å²) < 4.78 is -0.786. The highest BCUT2D eigenvalue weighted by molar-refractivity contribution is 9.10. The number of benzene rings is 1. The fourth-order valence-corrected chi connectivity index (χ4v) is 1.69. The average Bonchev–Trinajstić information content (AvgIpc) is 2.03. The highest BCUT2D eigenvalue weighted by atomic mass is 79.9. The van der Waals surface area contributed by atoms with Crippen molar-refractivity contribution < 1.29 is 14.7 Å². The van der Waals surface area contributed by atoms with Crippen molar-refractivity contribution in [2.75, 3.05) is 0 Å². The van der Waals surface area contributed by atoms with Crippen molar-refractivity contribution in [1.29, 1.82) is 0 Å². The Morgan fingerprint density at radius 3 is 2.00 bits per heavy atom. The van der Waals surface area contributed by atoms with Crippen LogP contribution in [0.5, 0.6) is 0 Å². The number of hydrogen-bond acceptors (Lipinski definition) is 3. The first kappa shape index (κ1) is 10.1. The quantitative estimate of drug-likeness (QED) is 0.555. The van der Waals surface area contributed by atoms with Crippen molar-refractivity contribution in [3.63, 3.8) is 0 Å². The standard InChI is InChI=1S/C7H9BrO3P/c8-7(12(9,10)11)6-4-2-1-3-5-6/h1-5,7,9-11H/q+1. The van der Waals surface area contributed by atoms with Crippen molar-refractivity contribution >= 4 is 23.9 Å². The van der Waals surface area contributed by atoms with Gasteiger partial charge in [-0.05, 0) is 15.9 Å². The number of halogens is 1. The Kier molecular flexibility index (Phi) is 3.21. The summed E-state index contributed by atoms with van der Waals surface area (Å²) in [6, 6.07) is 8.75. The van der Waals surface area contributed by atoms with Crippen LogP contribution in [0, 0.1) is 0 Å². The Balaban J connectivity index is 2.86. The zero-order valence-corrected chi connectivity index (χ0v) is 8.61. The van der Waals surface area contributed by atoms with Crippen LogP contribution in [0.3, 0.4) is 0 Å². The second-order valence-electron chi connectivity index (χ2n) is 2.36. The molecular weight excluding hydrogens is 243 g/mol. The lowest BCUT2D eigenvalue weighted by Gasteiger charge is -2.10. The van der Waals surface area contributed by atoms with E-state index in [0.29, 0.717) is 5.56 Å². The van der Waals surface area contributed by atoms with Gasteiger partial charge in [0.25, 0.3) is 0 Å². The molecule has 0 aromatic heterocycles. The van der Waals surface area contributed by atoms with Crippen LogP contribution >= 0.6 is 23.9 Å². The molecule has 0 saturated carbocycles. The molecular formula is C7H9BrO3P+. The minimum atomic E-state index is -3.81. The maximum atomic E-state index is 8.91. The molecule has 3 N–H and O–H groups in total. The van der Waals surface area contributed by atoms with E-state index < -0.39 is 12.5 Å². The van der Waals surface area contributed by atoms with E-state index in [1.54, 1.807) is 24.3 Å². The molecule has 0 saturated heterocycles. The lowest BCUT2D eigenvalue weighted by molar-refractivity contribution is 0.328. The number of rotatable bonds is 2. The van der Waals surface area contributed by atoms with E-state index >= 15 is 0 Å². The van der Waals surface area contributed by atoms with Crippen LogP contribution < -0.4 is 0 Å². The Morgan fingerprint density at radius 2 is 1.58 bits per heavy atom. The van der Waals surface area contributed by atoms with Gasteiger partial charge in [0, 0.05) is 5.56 Å². The summed E-state index contributed by atoms with van der Waals surface area (Å²) in [5.74, 6) is 0. The Labute approximate surface area is 79.4 Å². The second-order valence-corrected chi connectivity index (χ2v) is 5.73. The molecule has 66 valence electrons. The molecule has 0 fully saturated rings. The molecule has 0 bridgehead atoms. The van der Waals surface area contributed by atoms with Gasteiger partial charge in [0.2, 0.25) is 4.57 Å². The molecule has 0 amide bonds. The summed E-state index contributed by atoms with van der Waals surface area (Å²) >= 11 is 3.01. The maximum Gasteiger partial charge on any atom is 0.422 e. The van der Waals surface area contributed by atoms with Gasteiger partial charge in [-0.3, -0.25) is 0 Å². The van der Waals surface area contributed by atoms with Gasteiger partial charge in [-0.15, -0.1) is 0 Å². The minimum Gasteiger partial charge on any atom is -0.192 e. The van der Waals surface area contributed by atoms with E-state index in [-0.39, 0.29) is 0 Å². The molecule has 0 heterocycles. The zero-order chi connectivity index (χ0) is 9.19. The summed E-state index contributed by atoms with van der Waals surface area (Å²) in [4.78, 5) is 26.7.